The minimum absolute atomic E-state index is 0.0492. The molecule has 2 heterocycles. The molecule has 2 aromatic carbocycles. The number of fused-ring (bicyclic) bond motifs is 2. The summed E-state index contributed by atoms with van der Waals surface area (Å²) in [5, 5.41) is 11.8. The highest BCUT2D eigenvalue weighted by molar-refractivity contribution is 6.08. The van der Waals surface area contributed by atoms with E-state index in [0.717, 1.165) is 37.9 Å². The van der Waals surface area contributed by atoms with Gasteiger partial charge in [0.2, 0.25) is 0 Å². The minimum atomic E-state index is -0.262. The Hall–Kier alpha value is -3.33. The predicted octanol–water partition coefficient (Wildman–Crippen LogP) is 3.60. The summed E-state index contributed by atoms with van der Waals surface area (Å²) in [5.41, 5.74) is 2.99. The summed E-state index contributed by atoms with van der Waals surface area (Å²) in [6.07, 6.45) is 4.27. The molecule has 2 aliphatic rings. The number of benzene rings is 2. The van der Waals surface area contributed by atoms with Crippen molar-refractivity contribution in [3.05, 3.63) is 59.2 Å². The van der Waals surface area contributed by atoms with Gasteiger partial charge in [0.1, 0.15) is 6.17 Å². The summed E-state index contributed by atoms with van der Waals surface area (Å²) in [5.74, 6) is -0.212. The maximum Gasteiger partial charge on any atom is 0.257 e. The van der Waals surface area contributed by atoms with Crippen molar-refractivity contribution < 1.29 is 9.59 Å². The molecule has 1 saturated heterocycles. The van der Waals surface area contributed by atoms with Crippen LogP contribution in [-0.2, 0) is 0 Å². The third-order valence-corrected chi connectivity index (χ3v) is 5.55. The van der Waals surface area contributed by atoms with Crippen molar-refractivity contribution in [2.24, 2.45) is 0 Å². The maximum atomic E-state index is 13.0. The predicted molar refractivity (Wildman–Crippen MR) is 107 cm³/mol. The molecule has 2 amide bonds. The van der Waals surface area contributed by atoms with Crippen LogP contribution < -0.4 is 10.2 Å². The molecule has 0 bridgehead atoms. The maximum absolute atomic E-state index is 13.0. The number of nitrogens with one attached hydrogen (secondary N) is 1. The van der Waals surface area contributed by atoms with Gasteiger partial charge in [-0.05, 0) is 55.7 Å². The van der Waals surface area contributed by atoms with Crippen LogP contribution in [-0.4, -0.2) is 36.5 Å². The fourth-order valence-corrected chi connectivity index (χ4v) is 4.06. The normalized spacial score (nSPS) is 18.6. The summed E-state index contributed by atoms with van der Waals surface area (Å²) in [6, 6.07) is 14.1. The molecule has 2 aromatic rings. The molecule has 0 aliphatic carbocycles. The fourth-order valence-electron chi connectivity index (χ4n) is 4.06. The van der Waals surface area contributed by atoms with E-state index in [1.54, 1.807) is 42.5 Å². The van der Waals surface area contributed by atoms with Gasteiger partial charge in [0, 0.05) is 24.8 Å². The Morgan fingerprint density at radius 3 is 2.86 bits per heavy atom. The van der Waals surface area contributed by atoms with E-state index < -0.39 is 0 Å². The average molecular weight is 374 g/mol. The summed E-state index contributed by atoms with van der Waals surface area (Å²) < 4.78 is 0. The van der Waals surface area contributed by atoms with Crippen molar-refractivity contribution in [3.63, 3.8) is 0 Å². The standard InChI is InChI=1S/C22H22N4O2/c1-25-19-13-16(21(27)24-17-7-5-6-15(12-17)14-23)9-10-18(19)22(28)26-11-4-2-3-8-20(25)26/h5-7,9-10,12-13,20H,2-4,8,11H2,1H3,(H,24,27)/t20-/m0/s1. The van der Waals surface area contributed by atoms with Crippen LogP contribution in [0.3, 0.4) is 0 Å². The lowest BCUT2D eigenvalue weighted by Crippen LogP contribution is -2.53. The van der Waals surface area contributed by atoms with Gasteiger partial charge in [-0.15, -0.1) is 0 Å². The molecule has 28 heavy (non-hydrogen) atoms. The first-order valence-electron chi connectivity index (χ1n) is 9.58. The fraction of sp³-hybridized carbons (Fsp3) is 0.318. The molecule has 2 aliphatic heterocycles. The second-order valence-corrected chi connectivity index (χ2v) is 7.32. The van der Waals surface area contributed by atoms with Gasteiger partial charge in [0.25, 0.3) is 11.8 Å². The third-order valence-electron chi connectivity index (χ3n) is 5.55. The van der Waals surface area contributed by atoms with E-state index >= 15 is 0 Å². The van der Waals surface area contributed by atoms with E-state index in [1.165, 1.54) is 0 Å². The van der Waals surface area contributed by atoms with E-state index in [9.17, 15) is 9.59 Å². The van der Waals surface area contributed by atoms with Crippen molar-refractivity contribution >= 4 is 23.2 Å². The van der Waals surface area contributed by atoms with Crippen LogP contribution in [0, 0.1) is 11.3 Å². The zero-order chi connectivity index (χ0) is 19.7. The van der Waals surface area contributed by atoms with Crippen molar-refractivity contribution in [1.29, 1.82) is 5.26 Å². The van der Waals surface area contributed by atoms with E-state index in [-0.39, 0.29) is 18.0 Å². The first-order chi connectivity index (χ1) is 13.6. The monoisotopic (exact) mass is 374 g/mol. The van der Waals surface area contributed by atoms with Gasteiger partial charge in [0.05, 0.1) is 22.9 Å². The van der Waals surface area contributed by atoms with E-state index in [1.807, 2.05) is 11.9 Å². The number of nitriles is 1. The Morgan fingerprint density at radius 2 is 2.04 bits per heavy atom. The van der Waals surface area contributed by atoms with E-state index in [0.29, 0.717) is 22.4 Å². The molecule has 0 unspecified atom stereocenters. The van der Waals surface area contributed by atoms with Crippen LogP contribution in [0.2, 0.25) is 0 Å². The van der Waals surface area contributed by atoms with Gasteiger partial charge >= 0.3 is 0 Å². The summed E-state index contributed by atoms with van der Waals surface area (Å²) in [7, 11) is 1.99. The number of amides is 2. The number of hydrogen-bond acceptors (Lipinski definition) is 4. The highest BCUT2D eigenvalue weighted by atomic mass is 16.2. The highest BCUT2D eigenvalue weighted by Gasteiger charge is 2.36. The molecule has 6 heteroatoms. The van der Waals surface area contributed by atoms with E-state index in [4.69, 9.17) is 5.26 Å². The summed E-state index contributed by atoms with van der Waals surface area (Å²) in [6.45, 7) is 0.782. The largest absolute Gasteiger partial charge is 0.354 e. The second-order valence-electron chi connectivity index (χ2n) is 7.32. The van der Waals surface area contributed by atoms with Gasteiger partial charge < -0.3 is 15.1 Å². The zero-order valence-electron chi connectivity index (χ0n) is 15.8. The molecule has 0 radical (unpaired) electrons. The van der Waals surface area contributed by atoms with Crippen LogP contribution in [0.1, 0.15) is 52.0 Å². The molecule has 142 valence electrons. The quantitative estimate of drug-likeness (QED) is 0.871. The Kier molecular flexibility index (Phi) is 4.74. The van der Waals surface area contributed by atoms with Crippen LogP contribution >= 0.6 is 0 Å². The Balaban J connectivity index is 1.62. The molecule has 6 nitrogen and oxygen atoms in total. The Labute approximate surface area is 164 Å². The van der Waals surface area contributed by atoms with Gasteiger partial charge in [0.15, 0.2) is 0 Å². The van der Waals surface area contributed by atoms with E-state index in [2.05, 4.69) is 16.3 Å². The molecular weight excluding hydrogens is 352 g/mol. The molecule has 0 saturated carbocycles. The van der Waals surface area contributed by atoms with Gasteiger partial charge in [-0.3, -0.25) is 9.59 Å². The van der Waals surface area contributed by atoms with Gasteiger partial charge in [-0.2, -0.15) is 5.26 Å². The molecule has 1 fully saturated rings. The summed E-state index contributed by atoms with van der Waals surface area (Å²) in [4.78, 5) is 29.8. The second kappa shape index (κ2) is 7.35. The van der Waals surface area contributed by atoms with Crippen molar-refractivity contribution in [2.75, 3.05) is 23.8 Å². The lowest BCUT2D eigenvalue weighted by Gasteiger charge is -2.43. The SMILES string of the molecule is CN1c2cc(C(=O)Nc3cccc(C#N)c3)ccc2C(=O)N2CCCCC[C@H]21. The van der Waals surface area contributed by atoms with Gasteiger partial charge in [-0.1, -0.05) is 12.5 Å². The van der Waals surface area contributed by atoms with Crippen LogP contribution in [0.4, 0.5) is 11.4 Å². The minimum Gasteiger partial charge on any atom is -0.354 e. The number of anilines is 2. The van der Waals surface area contributed by atoms with Crippen molar-refractivity contribution in [3.8, 4) is 6.07 Å². The zero-order valence-corrected chi connectivity index (χ0v) is 15.8. The van der Waals surface area contributed by atoms with Gasteiger partial charge in [-0.25, -0.2) is 0 Å². The lowest BCUT2D eigenvalue weighted by molar-refractivity contribution is 0.0661. The van der Waals surface area contributed by atoms with Crippen LogP contribution in [0.15, 0.2) is 42.5 Å². The molecule has 0 aromatic heterocycles. The topological polar surface area (TPSA) is 76.4 Å². The van der Waals surface area contributed by atoms with Crippen molar-refractivity contribution in [1.82, 2.24) is 4.90 Å². The number of carbonyl (C=O) groups is 2. The number of carbonyl (C=O) groups excluding carboxylic acids is 2. The highest BCUT2D eigenvalue weighted by Crippen LogP contribution is 2.34. The van der Waals surface area contributed by atoms with Crippen LogP contribution in [0.5, 0.6) is 0 Å². The Morgan fingerprint density at radius 1 is 1.18 bits per heavy atom. The molecule has 4 rings (SSSR count). The lowest BCUT2D eigenvalue weighted by atomic mass is 10.0. The number of rotatable bonds is 2. The molecule has 1 N–H and O–H groups in total. The molecule has 0 spiro atoms. The summed E-state index contributed by atoms with van der Waals surface area (Å²) >= 11 is 0. The number of hydrogen-bond donors (Lipinski definition) is 1. The molecule has 1 atom stereocenters. The van der Waals surface area contributed by atoms with Crippen molar-refractivity contribution in [2.45, 2.75) is 31.8 Å². The smallest absolute Gasteiger partial charge is 0.257 e. The number of nitrogens with zero attached hydrogens (tertiary/aromatic N) is 3. The van der Waals surface area contributed by atoms with Crippen LogP contribution in [0.25, 0.3) is 0 Å². The average Bonchev–Trinajstić information content (AvgIpc) is 2.98. The first kappa shape index (κ1) is 18.1. The molecular formula is C22H22N4O2. The third kappa shape index (κ3) is 3.20. The first-order valence-corrected chi connectivity index (χ1v) is 9.58. The Bertz CT molecular complexity index is 979.